The number of carbonyl (C=O) groups excluding carboxylic acids is 1. The number of carbonyl (C=O) groups is 1. The van der Waals surface area contributed by atoms with E-state index in [9.17, 15) is 20.1 Å². The molecule has 6 N–H and O–H groups in total. The molecule has 1 aromatic rings. The number of nitrogens with two attached hydrogens (primary N) is 1. The summed E-state index contributed by atoms with van der Waals surface area (Å²) in [5.74, 6) is -0.556. The van der Waals surface area contributed by atoms with Gasteiger partial charge < -0.3 is 25.8 Å². The molecule has 1 aliphatic heterocycles. The van der Waals surface area contributed by atoms with Crippen LogP contribution in [0.15, 0.2) is 24.3 Å². The van der Waals surface area contributed by atoms with Crippen molar-refractivity contribution in [3.8, 4) is 0 Å². The summed E-state index contributed by atoms with van der Waals surface area (Å²) in [6, 6.07) is 6.13. The maximum atomic E-state index is 11.8. The van der Waals surface area contributed by atoms with Gasteiger partial charge in [-0.05, 0) is 31.2 Å². The number of nitrogen functional groups attached to an aromatic ring is 1. The second-order valence-electron chi connectivity index (χ2n) is 4.85. The Morgan fingerprint density at radius 1 is 1.19 bits per heavy atom. The molecule has 1 unspecified atom stereocenters. The first-order chi connectivity index (χ1) is 9.90. The quantitative estimate of drug-likeness (QED) is 0.348. The lowest BCUT2D eigenvalue weighted by molar-refractivity contribution is -0.304. The maximum absolute atomic E-state index is 11.8. The van der Waals surface area contributed by atoms with Crippen LogP contribution in [0.4, 0.5) is 5.69 Å². The van der Waals surface area contributed by atoms with Crippen molar-refractivity contribution in [3.63, 3.8) is 0 Å². The lowest BCUT2D eigenvalue weighted by Crippen LogP contribution is -2.58. The lowest BCUT2D eigenvalue weighted by Gasteiger charge is -2.38. The number of hydrogen-bond acceptors (Lipinski definition) is 7. The second-order valence-corrected chi connectivity index (χ2v) is 4.85. The van der Waals surface area contributed by atoms with Crippen LogP contribution in [0.25, 0.3) is 0 Å². The number of rotatable bonds is 3. The summed E-state index contributed by atoms with van der Waals surface area (Å²) in [6.07, 6.45) is -6.17. The number of benzene rings is 1. The number of aliphatic hydroxyl groups excluding tert-OH is 3. The summed E-state index contributed by atoms with van der Waals surface area (Å²) in [6.45, 7) is 1.51. The molecule has 8 nitrogen and oxygen atoms in total. The van der Waals surface area contributed by atoms with Gasteiger partial charge in [0.15, 0.2) is 0 Å². The number of amides is 1. The third kappa shape index (κ3) is 3.49. The standard InChI is InChI=1S/C13H18N2O6/c1-6-9(16)10(17)11(18)13(20-6)21-15-12(19)7-2-4-8(14)5-3-7/h2-6,9-11,13,16-18H,14H2,1H3,(H,15,19)/t6-,9-,10+,11+,13?/m0/s1. The molecule has 0 spiro atoms. The SMILES string of the molecule is C[C@@H]1OC(ONC(=O)c2ccc(N)cc2)[C@H](O)[C@H](O)[C@H]1O. The van der Waals surface area contributed by atoms with Crippen LogP contribution in [0.3, 0.4) is 0 Å². The fraction of sp³-hybridized carbons (Fsp3) is 0.462. The first-order valence-electron chi connectivity index (χ1n) is 6.41. The van der Waals surface area contributed by atoms with Gasteiger partial charge in [-0.2, -0.15) is 0 Å². The second kappa shape index (κ2) is 6.37. The Hall–Kier alpha value is -1.71. The Labute approximate surface area is 121 Å². The first-order valence-corrected chi connectivity index (χ1v) is 6.41. The third-order valence-electron chi connectivity index (χ3n) is 3.25. The van der Waals surface area contributed by atoms with Gasteiger partial charge in [-0.1, -0.05) is 0 Å². The molecule has 0 saturated carbocycles. The molecule has 21 heavy (non-hydrogen) atoms. The summed E-state index contributed by atoms with van der Waals surface area (Å²) >= 11 is 0. The third-order valence-corrected chi connectivity index (χ3v) is 3.25. The Morgan fingerprint density at radius 3 is 2.43 bits per heavy atom. The average molecular weight is 298 g/mol. The molecule has 116 valence electrons. The van der Waals surface area contributed by atoms with Gasteiger partial charge in [0, 0.05) is 11.3 Å². The van der Waals surface area contributed by atoms with Crippen molar-refractivity contribution in [2.75, 3.05) is 5.73 Å². The molecule has 2 rings (SSSR count). The van der Waals surface area contributed by atoms with Crippen LogP contribution in [0.1, 0.15) is 17.3 Å². The van der Waals surface area contributed by atoms with Crippen LogP contribution in [0.5, 0.6) is 0 Å². The maximum Gasteiger partial charge on any atom is 0.274 e. The van der Waals surface area contributed by atoms with E-state index in [1.807, 2.05) is 0 Å². The highest BCUT2D eigenvalue weighted by Gasteiger charge is 2.42. The summed E-state index contributed by atoms with van der Waals surface area (Å²) in [5, 5.41) is 28.9. The topological polar surface area (TPSA) is 134 Å². The molecular weight excluding hydrogens is 280 g/mol. The number of ether oxygens (including phenoxy) is 1. The smallest absolute Gasteiger partial charge is 0.274 e. The summed E-state index contributed by atoms with van der Waals surface area (Å²) in [4.78, 5) is 16.8. The minimum absolute atomic E-state index is 0.308. The zero-order valence-electron chi connectivity index (χ0n) is 11.3. The summed E-state index contributed by atoms with van der Waals surface area (Å²) in [7, 11) is 0. The largest absolute Gasteiger partial charge is 0.399 e. The number of hydroxylamine groups is 1. The van der Waals surface area contributed by atoms with Gasteiger partial charge in [-0.25, -0.2) is 10.3 Å². The van der Waals surface area contributed by atoms with Crippen molar-refractivity contribution < 1.29 is 29.7 Å². The zero-order chi connectivity index (χ0) is 15.6. The molecular formula is C13H18N2O6. The van der Waals surface area contributed by atoms with Crippen molar-refractivity contribution >= 4 is 11.6 Å². The van der Waals surface area contributed by atoms with E-state index in [1.165, 1.54) is 19.1 Å². The zero-order valence-corrected chi connectivity index (χ0v) is 11.3. The molecule has 8 heteroatoms. The molecule has 0 aliphatic carbocycles. The molecule has 1 heterocycles. The van der Waals surface area contributed by atoms with E-state index in [0.29, 0.717) is 11.3 Å². The molecule has 5 atom stereocenters. The van der Waals surface area contributed by atoms with Crippen LogP contribution in [0, 0.1) is 0 Å². The van der Waals surface area contributed by atoms with E-state index in [1.54, 1.807) is 12.1 Å². The fourth-order valence-electron chi connectivity index (χ4n) is 1.92. The van der Waals surface area contributed by atoms with Crippen molar-refractivity contribution in [1.29, 1.82) is 0 Å². The number of anilines is 1. The molecule has 0 aromatic heterocycles. The van der Waals surface area contributed by atoms with E-state index < -0.39 is 36.6 Å². The minimum Gasteiger partial charge on any atom is -0.399 e. The van der Waals surface area contributed by atoms with Gasteiger partial charge in [0.2, 0.25) is 6.29 Å². The lowest BCUT2D eigenvalue weighted by atomic mass is 10.0. The van der Waals surface area contributed by atoms with Crippen molar-refractivity contribution in [1.82, 2.24) is 5.48 Å². The normalized spacial score (nSPS) is 32.7. The van der Waals surface area contributed by atoms with Gasteiger partial charge >= 0.3 is 0 Å². The molecule has 1 aromatic carbocycles. The van der Waals surface area contributed by atoms with E-state index in [2.05, 4.69) is 5.48 Å². The molecule has 1 aliphatic rings. The first kappa shape index (κ1) is 15.7. The van der Waals surface area contributed by atoms with Gasteiger partial charge in [-0.15, -0.1) is 0 Å². The minimum atomic E-state index is -1.48. The van der Waals surface area contributed by atoms with Crippen LogP contribution in [-0.2, 0) is 9.57 Å². The van der Waals surface area contributed by atoms with Crippen molar-refractivity contribution in [3.05, 3.63) is 29.8 Å². The summed E-state index contributed by atoms with van der Waals surface area (Å²) < 4.78 is 5.17. The van der Waals surface area contributed by atoms with Gasteiger partial charge in [-0.3, -0.25) is 4.79 Å². The van der Waals surface area contributed by atoms with Gasteiger partial charge in [0.1, 0.15) is 18.3 Å². The van der Waals surface area contributed by atoms with E-state index >= 15 is 0 Å². The number of aliphatic hydroxyl groups is 3. The van der Waals surface area contributed by atoms with E-state index in [4.69, 9.17) is 15.3 Å². The molecule has 0 radical (unpaired) electrons. The predicted octanol–water partition coefficient (Wildman–Crippen LogP) is -1.24. The van der Waals surface area contributed by atoms with E-state index in [0.717, 1.165) is 0 Å². The Balaban J connectivity index is 1.93. The average Bonchev–Trinajstić information content (AvgIpc) is 2.48. The molecule has 1 fully saturated rings. The van der Waals surface area contributed by atoms with Crippen molar-refractivity contribution in [2.24, 2.45) is 0 Å². The Kier molecular flexibility index (Phi) is 4.76. The van der Waals surface area contributed by atoms with Crippen LogP contribution in [-0.4, -0.2) is 51.9 Å². The highest BCUT2D eigenvalue weighted by molar-refractivity contribution is 5.93. The Morgan fingerprint density at radius 2 is 1.81 bits per heavy atom. The van der Waals surface area contributed by atoms with Gasteiger partial charge in [0.25, 0.3) is 5.91 Å². The molecule has 1 amide bonds. The van der Waals surface area contributed by atoms with E-state index in [-0.39, 0.29) is 0 Å². The molecule has 0 bridgehead atoms. The van der Waals surface area contributed by atoms with Crippen molar-refractivity contribution in [2.45, 2.75) is 37.6 Å². The predicted molar refractivity (Wildman–Crippen MR) is 71.8 cm³/mol. The number of nitrogens with one attached hydrogen (secondary N) is 1. The summed E-state index contributed by atoms with van der Waals surface area (Å²) in [5.41, 5.74) is 8.46. The molecule has 1 saturated heterocycles. The van der Waals surface area contributed by atoms with Gasteiger partial charge in [0.05, 0.1) is 6.10 Å². The highest BCUT2D eigenvalue weighted by Crippen LogP contribution is 2.21. The van der Waals surface area contributed by atoms with Crippen LogP contribution < -0.4 is 11.2 Å². The fourth-order valence-corrected chi connectivity index (χ4v) is 1.92. The highest BCUT2D eigenvalue weighted by atomic mass is 16.8. The van der Waals surface area contributed by atoms with Crippen LogP contribution >= 0.6 is 0 Å². The monoisotopic (exact) mass is 298 g/mol. The Bertz CT molecular complexity index is 494. The number of hydrogen-bond donors (Lipinski definition) is 5. The van der Waals surface area contributed by atoms with Crippen LogP contribution in [0.2, 0.25) is 0 Å².